The van der Waals surface area contributed by atoms with Gasteiger partial charge in [0.15, 0.2) is 6.10 Å². The summed E-state index contributed by atoms with van der Waals surface area (Å²) in [4.78, 5) is 26.4. The second-order valence-electron chi connectivity index (χ2n) is 6.71. The number of hydrogen-bond acceptors (Lipinski definition) is 4. The Morgan fingerprint density at radius 2 is 1.91 bits per heavy atom. The topological polar surface area (TPSA) is 70.1 Å². The molecular weight excluding hydrogens is 296 g/mol. The Morgan fingerprint density at radius 1 is 1.36 bits per heavy atom. The van der Waals surface area contributed by atoms with Crippen LogP contribution in [0.1, 0.15) is 34.1 Å². The van der Waals surface area contributed by atoms with Crippen LogP contribution in [0.25, 0.3) is 0 Å². The highest BCUT2D eigenvalue weighted by atomic mass is 19.3. The number of ether oxygens (including phenoxy) is 1. The van der Waals surface area contributed by atoms with Crippen molar-refractivity contribution in [2.24, 2.45) is 11.3 Å². The van der Waals surface area contributed by atoms with Crippen molar-refractivity contribution < 1.29 is 28.2 Å². The number of hydrogen-bond donors (Lipinski definition) is 1. The molecule has 0 aromatic heterocycles. The summed E-state index contributed by atoms with van der Waals surface area (Å²) in [6.45, 7) is 7.40. The molecule has 1 saturated heterocycles. The summed E-state index contributed by atoms with van der Waals surface area (Å²) in [6, 6.07) is 0. The van der Waals surface area contributed by atoms with Crippen molar-refractivity contribution in [2.45, 2.75) is 58.4 Å². The van der Waals surface area contributed by atoms with Crippen LogP contribution in [0, 0.1) is 11.3 Å². The molecule has 2 rings (SSSR count). The van der Waals surface area contributed by atoms with Crippen LogP contribution >= 0.6 is 0 Å². The number of alkyl halides is 2. The highest BCUT2D eigenvalue weighted by molar-refractivity contribution is 6.05. The van der Waals surface area contributed by atoms with Gasteiger partial charge in [-0.25, -0.2) is 0 Å². The monoisotopic (exact) mass is 319 g/mol. The molecule has 7 heteroatoms. The Kier molecular flexibility index (Phi) is 4.34. The number of epoxide rings is 1. The van der Waals surface area contributed by atoms with Crippen LogP contribution < -0.4 is 0 Å². The average molecular weight is 319 g/mol. The van der Waals surface area contributed by atoms with E-state index in [2.05, 4.69) is 0 Å². The van der Waals surface area contributed by atoms with Gasteiger partial charge in [0.2, 0.25) is 11.7 Å². The average Bonchev–Trinajstić information content (AvgIpc) is 3.16. The number of Topliss-reactive ketones (excluding diaryl/α,β-unsaturated/α-hetero) is 1. The van der Waals surface area contributed by atoms with E-state index in [1.54, 1.807) is 27.7 Å². The minimum Gasteiger partial charge on any atom is -0.383 e. The summed E-state index contributed by atoms with van der Waals surface area (Å²) < 4.78 is 33.7. The fourth-order valence-electron chi connectivity index (χ4n) is 3.30. The molecule has 1 aliphatic heterocycles. The molecule has 0 bridgehead atoms. The van der Waals surface area contributed by atoms with Gasteiger partial charge in [-0.2, -0.15) is 8.78 Å². The Hall–Kier alpha value is -1.08. The van der Waals surface area contributed by atoms with Crippen molar-refractivity contribution in [3.8, 4) is 0 Å². The molecule has 0 aromatic carbocycles. The molecular formula is C15H23F2NO4. The number of carbonyl (C=O) groups is 2. The Balaban J connectivity index is 2.42. The first kappa shape index (κ1) is 17.3. The predicted octanol–water partition coefficient (Wildman–Crippen LogP) is 1.23. The van der Waals surface area contributed by atoms with E-state index in [4.69, 9.17) is 4.74 Å². The van der Waals surface area contributed by atoms with Gasteiger partial charge in [-0.15, -0.1) is 0 Å². The molecule has 0 radical (unpaired) electrons. The van der Waals surface area contributed by atoms with Crippen LogP contribution in [0.2, 0.25) is 0 Å². The number of fused-ring (bicyclic) bond motifs is 1. The quantitative estimate of drug-likeness (QED) is 0.627. The highest BCUT2D eigenvalue weighted by Crippen LogP contribution is 2.48. The second kappa shape index (κ2) is 5.53. The van der Waals surface area contributed by atoms with Crippen LogP contribution in [-0.2, 0) is 14.3 Å². The maximum atomic E-state index is 14.3. The number of ketones is 1. The zero-order valence-corrected chi connectivity index (χ0v) is 13.3. The standard InChI is InChI=1S/C15H23F2NO4/c1-5-18(6-2)13(21)9-11(19)15(16,17)12(20)10-8(22-10)7-14(9,3)4/h8-10,12,20H,5-7H2,1-4H3/t8-,9-,10-,12+/m0/s1. The third-order valence-electron chi connectivity index (χ3n) is 4.73. The van der Waals surface area contributed by atoms with Gasteiger partial charge < -0.3 is 14.7 Å². The minimum atomic E-state index is -3.98. The lowest BCUT2D eigenvalue weighted by Gasteiger charge is -2.38. The lowest BCUT2D eigenvalue weighted by Crippen LogP contribution is -2.57. The molecule has 1 amide bonds. The minimum absolute atomic E-state index is 0.286. The molecule has 5 nitrogen and oxygen atoms in total. The number of carbonyl (C=O) groups excluding carboxylic acids is 2. The van der Waals surface area contributed by atoms with Crippen LogP contribution in [0.15, 0.2) is 0 Å². The van der Waals surface area contributed by atoms with Crippen LogP contribution in [0.3, 0.4) is 0 Å². The number of aliphatic hydroxyl groups excluding tert-OH is 1. The second-order valence-corrected chi connectivity index (χ2v) is 6.71. The van der Waals surface area contributed by atoms with Crippen molar-refractivity contribution >= 4 is 11.7 Å². The third-order valence-corrected chi connectivity index (χ3v) is 4.73. The van der Waals surface area contributed by atoms with E-state index in [9.17, 15) is 23.5 Å². The molecule has 1 saturated carbocycles. The summed E-state index contributed by atoms with van der Waals surface area (Å²) in [6.07, 6.45) is -3.46. The Bertz CT molecular complexity index is 476. The fraction of sp³-hybridized carbons (Fsp3) is 0.867. The summed E-state index contributed by atoms with van der Waals surface area (Å²) in [5.41, 5.74) is -0.959. The first-order valence-electron chi connectivity index (χ1n) is 7.62. The van der Waals surface area contributed by atoms with E-state index in [0.29, 0.717) is 13.1 Å². The SMILES string of the molecule is CCN(CC)C(=O)[C@@H]1C(=O)C(F)(F)[C@H](O)[C@H]2O[C@H]2CC1(C)C. The van der Waals surface area contributed by atoms with Gasteiger partial charge in [-0.1, -0.05) is 13.8 Å². The van der Waals surface area contributed by atoms with E-state index >= 15 is 0 Å². The van der Waals surface area contributed by atoms with E-state index in [-0.39, 0.29) is 6.42 Å². The van der Waals surface area contributed by atoms with Crippen molar-refractivity contribution in [2.75, 3.05) is 13.1 Å². The zero-order valence-electron chi connectivity index (χ0n) is 13.3. The van der Waals surface area contributed by atoms with Gasteiger partial charge in [-0.3, -0.25) is 9.59 Å². The van der Waals surface area contributed by atoms with Gasteiger partial charge in [-0.05, 0) is 25.7 Å². The summed E-state index contributed by atoms with van der Waals surface area (Å²) in [5, 5.41) is 9.72. The lowest BCUT2D eigenvalue weighted by atomic mass is 9.68. The largest absolute Gasteiger partial charge is 0.383 e. The van der Waals surface area contributed by atoms with E-state index in [1.165, 1.54) is 4.90 Å². The molecule has 0 aromatic rings. The summed E-state index contributed by atoms with van der Waals surface area (Å²) >= 11 is 0. The summed E-state index contributed by atoms with van der Waals surface area (Å²) in [5.74, 6) is -7.58. The Morgan fingerprint density at radius 3 is 2.41 bits per heavy atom. The first-order valence-corrected chi connectivity index (χ1v) is 7.62. The molecule has 4 atom stereocenters. The molecule has 1 heterocycles. The zero-order chi connectivity index (χ0) is 16.9. The molecule has 126 valence electrons. The van der Waals surface area contributed by atoms with Gasteiger partial charge in [0.05, 0.1) is 6.10 Å². The fourth-order valence-corrected chi connectivity index (χ4v) is 3.30. The van der Waals surface area contributed by atoms with Crippen molar-refractivity contribution in [1.29, 1.82) is 0 Å². The molecule has 1 aliphatic carbocycles. The van der Waals surface area contributed by atoms with Gasteiger partial charge in [0, 0.05) is 13.1 Å². The van der Waals surface area contributed by atoms with E-state index in [0.717, 1.165) is 0 Å². The summed E-state index contributed by atoms with van der Waals surface area (Å²) in [7, 11) is 0. The number of rotatable bonds is 3. The lowest BCUT2D eigenvalue weighted by molar-refractivity contribution is -0.176. The van der Waals surface area contributed by atoms with Gasteiger partial charge in [0.1, 0.15) is 12.0 Å². The first-order chi connectivity index (χ1) is 10.1. The van der Waals surface area contributed by atoms with Crippen molar-refractivity contribution in [3.05, 3.63) is 0 Å². The molecule has 0 spiro atoms. The van der Waals surface area contributed by atoms with Crippen molar-refractivity contribution in [3.63, 3.8) is 0 Å². The normalized spacial score (nSPS) is 36.0. The van der Waals surface area contributed by atoms with Crippen LogP contribution in [0.4, 0.5) is 8.78 Å². The highest BCUT2D eigenvalue weighted by Gasteiger charge is 2.65. The maximum Gasteiger partial charge on any atom is 0.333 e. The van der Waals surface area contributed by atoms with E-state index in [1.807, 2.05) is 0 Å². The number of aliphatic hydroxyl groups is 1. The van der Waals surface area contributed by atoms with Crippen molar-refractivity contribution in [1.82, 2.24) is 4.90 Å². The maximum absolute atomic E-state index is 14.3. The molecule has 0 unspecified atom stereocenters. The molecule has 22 heavy (non-hydrogen) atoms. The number of halogens is 2. The number of amides is 1. The Labute approximate surface area is 128 Å². The number of nitrogens with zero attached hydrogens (tertiary/aromatic N) is 1. The molecule has 2 aliphatic rings. The van der Waals surface area contributed by atoms with Gasteiger partial charge in [0.25, 0.3) is 0 Å². The third kappa shape index (κ3) is 2.65. The van der Waals surface area contributed by atoms with E-state index < -0.39 is 47.3 Å². The molecule has 2 fully saturated rings. The molecule has 1 N–H and O–H groups in total. The van der Waals surface area contributed by atoms with Gasteiger partial charge >= 0.3 is 5.92 Å². The van der Waals surface area contributed by atoms with Crippen LogP contribution in [-0.4, -0.2) is 59.0 Å². The van der Waals surface area contributed by atoms with Crippen LogP contribution in [0.5, 0.6) is 0 Å². The smallest absolute Gasteiger partial charge is 0.333 e. The predicted molar refractivity (Wildman–Crippen MR) is 74.4 cm³/mol.